The van der Waals surface area contributed by atoms with Gasteiger partial charge in [0.2, 0.25) is 0 Å². The summed E-state index contributed by atoms with van der Waals surface area (Å²) in [5, 5.41) is 0. The van der Waals surface area contributed by atoms with Gasteiger partial charge in [-0.2, -0.15) is 0 Å². The molecule has 0 spiro atoms. The molecule has 1 unspecified atom stereocenters. The summed E-state index contributed by atoms with van der Waals surface area (Å²) in [5.41, 5.74) is 7.17. The maximum absolute atomic E-state index is 12.8. The smallest absolute Gasteiger partial charge is 0.166 e. The molecule has 0 radical (unpaired) electrons. The lowest BCUT2D eigenvalue weighted by atomic mass is 10.0. The van der Waals surface area contributed by atoms with Gasteiger partial charge in [-0.3, -0.25) is 0 Å². The van der Waals surface area contributed by atoms with Crippen LogP contribution in [0.3, 0.4) is 0 Å². The molecule has 0 heterocycles. The number of methoxy groups -OCH3 is 2. The highest BCUT2D eigenvalue weighted by Crippen LogP contribution is 2.33. The van der Waals surface area contributed by atoms with Crippen molar-refractivity contribution in [2.75, 3.05) is 14.2 Å². The summed E-state index contributed by atoms with van der Waals surface area (Å²) in [6.45, 7) is 1.33. The highest BCUT2D eigenvalue weighted by atomic mass is 19.1. The van der Waals surface area contributed by atoms with Crippen molar-refractivity contribution in [3.05, 3.63) is 23.3 Å². The minimum atomic E-state index is -0.577. The first-order chi connectivity index (χ1) is 7.62. The first-order valence-electron chi connectivity index (χ1n) is 5.17. The zero-order chi connectivity index (χ0) is 12.1. The minimum absolute atomic E-state index is 0.0329. The zero-order valence-corrected chi connectivity index (χ0v) is 9.92. The van der Waals surface area contributed by atoms with Crippen LogP contribution in [0.1, 0.15) is 18.1 Å². The maximum Gasteiger partial charge on any atom is 0.166 e. The van der Waals surface area contributed by atoms with Crippen molar-refractivity contribution in [3.8, 4) is 11.5 Å². The monoisotopic (exact) mass is 227 g/mol. The minimum Gasteiger partial charge on any atom is -0.493 e. The molecule has 0 fully saturated rings. The Bertz CT molecular complexity index is 328. The zero-order valence-electron chi connectivity index (χ0n) is 9.92. The van der Waals surface area contributed by atoms with E-state index < -0.39 is 6.67 Å². The number of nitrogens with two attached hydrogens (primary N) is 1. The van der Waals surface area contributed by atoms with E-state index in [4.69, 9.17) is 15.2 Å². The molecule has 16 heavy (non-hydrogen) atoms. The van der Waals surface area contributed by atoms with Gasteiger partial charge >= 0.3 is 0 Å². The Morgan fingerprint density at radius 2 is 2.00 bits per heavy atom. The number of hydrogen-bond acceptors (Lipinski definition) is 3. The third kappa shape index (κ3) is 2.85. The molecule has 1 aromatic carbocycles. The van der Waals surface area contributed by atoms with Gasteiger partial charge in [0.05, 0.1) is 14.2 Å². The van der Waals surface area contributed by atoms with E-state index in [1.165, 1.54) is 14.2 Å². The SMILES string of the molecule is COc1cc(CC(C)N)cc(CF)c1OC. The summed E-state index contributed by atoms with van der Waals surface area (Å²) in [4.78, 5) is 0. The standard InChI is InChI=1S/C12H18FNO2/c1-8(14)4-9-5-10(7-13)12(16-3)11(6-9)15-2/h5-6,8H,4,7,14H2,1-3H3. The van der Waals surface area contributed by atoms with Gasteiger partial charge in [-0.15, -0.1) is 0 Å². The van der Waals surface area contributed by atoms with Crippen LogP contribution in [-0.4, -0.2) is 20.3 Å². The Labute approximate surface area is 95.4 Å². The maximum atomic E-state index is 12.8. The topological polar surface area (TPSA) is 44.5 Å². The Morgan fingerprint density at radius 1 is 1.31 bits per heavy atom. The van der Waals surface area contributed by atoms with E-state index in [-0.39, 0.29) is 6.04 Å². The van der Waals surface area contributed by atoms with E-state index >= 15 is 0 Å². The normalized spacial score (nSPS) is 12.3. The van der Waals surface area contributed by atoms with Crippen molar-refractivity contribution in [1.29, 1.82) is 0 Å². The van der Waals surface area contributed by atoms with Gasteiger partial charge in [0, 0.05) is 11.6 Å². The van der Waals surface area contributed by atoms with Crippen molar-refractivity contribution in [2.45, 2.75) is 26.1 Å². The molecule has 0 bridgehead atoms. The number of hydrogen-bond donors (Lipinski definition) is 1. The average Bonchev–Trinajstić information content (AvgIpc) is 2.26. The van der Waals surface area contributed by atoms with E-state index in [1.54, 1.807) is 6.07 Å². The lowest BCUT2D eigenvalue weighted by molar-refractivity contribution is 0.344. The second-order valence-corrected chi connectivity index (χ2v) is 3.81. The largest absolute Gasteiger partial charge is 0.493 e. The molecule has 3 nitrogen and oxygen atoms in total. The van der Waals surface area contributed by atoms with Crippen molar-refractivity contribution in [3.63, 3.8) is 0 Å². The second kappa shape index (κ2) is 5.70. The predicted octanol–water partition coefficient (Wildman–Crippen LogP) is 2.06. The van der Waals surface area contributed by atoms with Crippen LogP contribution in [0.4, 0.5) is 4.39 Å². The first-order valence-corrected chi connectivity index (χ1v) is 5.17. The Kier molecular flexibility index (Phi) is 4.55. The molecule has 1 aromatic rings. The number of ether oxygens (including phenoxy) is 2. The van der Waals surface area contributed by atoms with Crippen LogP contribution >= 0.6 is 0 Å². The van der Waals surface area contributed by atoms with E-state index in [1.807, 2.05) is 13.0 Å². The molecule has 1 rings (SSSR count). The lowest BCUT2D eigenvalue weighted by Gasteiger charge is -2.14. The average molecular weight is 227 g/mol. The van der Waals surface area contributed by atoms with Crippen molar-refractivity contribution in [1.82, 2.24) is 0 Å². The highest BCUT2D eigenvalue weighted by Gasteiger charge is 2.12. The van der Waals surface area contributed by atoms with E-state index in [0.29, 0.717) is 23.5 Å². The Hall–Kier alpha value is -1.29. The fraction of sp³-hybridized carbons (Fsp3) is 0.500. The molecule has 0 amide bonds. The molecule has 0 aliphatic carbocycles. The van der Waals surface area contributed by atoms with Crippen molar-refractivity contribution < 1.29 is 13.9 Å². The molecular weight excluding hydrogens is 209 g/mol. The van der Waals surface area contributed by atoms with Crippen LogP contribution in [0.15, 0.2) is 12.1 Å². The van der Waals surface area contributed by atoms with Crippen molar-refractivity contribution in [2.24, 2.45) is 5.73 Å². The van der Waals surface area contributed by atoms with Gasteiger partial charge in [0.15, 0.2) is 11.5 Å². The Balaban J connectivity index is 3.15. The molecule has 1 atom stereocenters. The van der Waals surface area contributed by atoms with E-state index in [2.05, 4.69) is 0 Å². The fourth-order valence-corrected chi connectivity index (χ4v) is 1.70. The van der Waals surface area contributed by atoms with Gasteiger partial charge in [0.25, 0.3) is 0 Å². The van der Waals surface area contributed by atoms with Gasteiger partial charge in [-0.05, 0) is 31.0 Å². The predicted molar refractivity (Wildman–Crippen MR) is 61.7 cm³/mol. The summed E-state index contributed by atoms with van der Waals surface area (Å²) in [6, 6.07) is 3.64. The van der Waals surface area contributed by atoms with Gasteiger partial charge in [-0.25, -0.2) is 4.39 Å². The van der Waals surface area contributed by atoms with E-state index in [9.17, 15) is 4.39 Å². The number of alkyl halides is 1. The quantitative estimate of drug-likeness (QED) is 0.837. The number of halogens is 1. The number of rotatable bonds is 5. The summed E-state index contributed by atoms with van der Waals surface area (Å²) in [7, 11) is 3.04. The van der Waals surface area contributed by atoms with Crippen LogP contribution in [0, 0.1) is 0 Å². The first kappa shape index (κ1) is 12.8. The summed E-state index contributed by atoms with van der Waals surface area (Å²) >= 11 is 0. The molecule has 0 aliphatic rings. The van der Waals surface area contributed by atoms with Gasteiger partial charge in [0.1, 0.15) is 6.67 Å². The molecule has 90 valence electrons. The third-order valence-electron chi connectivity index (χ3n) is 2.32. The van der Waals surface area contributed by atoms with Crippen LogP contribution in [0.5, 0.6) is 11.5 Å². The third-order valence-corrected chi connectivity index (χ3v) is 2.32. The fourth-order valence-electron chi connectivity index (χ4n) is 1.70. The van der Waals surface area contributed by atoms with E-state index in [0.717, 1.165) is 5.56 Å². The Morgan fingerprint density at radius 3 is 2.44 bits per heavy atom. The molecule has 0 saturated carbocycles. The summed E-state index contributed by atoms with van der Waals surface area (Å²) in [6.07, 6.45) is 0.688. The molecule has 0 aromatic heterocycles. The summed E-state index contributed by atoms with van der Waals surface area (Å²) in [5.74, 6) is 1.01. The van der Waals surface area contributed by atoms with Crippen molar-refractivity contribution >= 4 is 0 Å². The van der Waals surface area contributed by atoms with Crippen LogP contribution in [-0.2, 0) is 13.1 Å². The highest BCUT2D eigenvalue weighted by molar-refractivity contribution is 5.49. The lowest BCUT2D eigenvalue weighted by Crippen LogP contribution is -2.18. The summed E-state index contributed by atoms with van der Waals surface area (Å²) < 4.78 is 23.1. The van der Waals surface area contributed by atoms with Gasteiger partial charge < -0.3 is 15.2 Å². The van der Waals surface area contributed by atoms with Crippen LogP contribution in [0.25, 0.3) is 0 Å². The van der Waals surface area contributed by atoms with Crippen LogP contribution < -0.4 is 15.2 Å². The molecule has 2 N–H and O–H groups in total. The molecule has 4 heteroatoms. The molecule has 0 saturated heterocycles. The molecule has 0 aliphatic heterocycles. The second-order valence-electron chi connectivity index (χ2n) is 3.81. The van der Waals surface area contributed by atoms with Gasteiger partial charge in [-0.1, -0.05) is 0 Å². The molecular formula is C12H18FNO2. The van der Waals surface area contributed by atoms with Crippen LogP contribution in [0.2, 0.25) is 0 Å². The number of benzene rings is 1.